The standard InChI is InChI=1S/C9H14ClN3O2/c1-5(2)13-8(10)7(4-12-13)6(3-11)9(14)15/h4-6H,3,11H2,1-2H3,(H,14,15). The van der Waals surface area contributed by atoms with Crippen LogP contribution < -0.4 is 5.73 Å². The topological polar surface area (TPSA) is 81.1 Å². The Morgan fingerprint density at radius 3 is 2.67 bits per heavy atom. The van der Waals surface area contributed by atoms with Gasteiger partial charge in [-0.1, -0.05) is 11.6 Å². The smallest absolute Gasteiger partial charge is 0.312 e. The number of halogens is 1. The zero-order chi connectivity index (χ0) is 11.6. The molecule has 1 atom stereocenters. The van der Waals surface area contributed by atoms with E-state index in [9.17, 15) is 4.79 Å². The van der Waals surface area contributed by atoms with E-state index in [4.69, 9.17) is 22.4 Å². The Kier molecular flexibility index (Phi) is 3.71. The van der Waals surface area contributed by atoms with Crippen LogP contribution in [0.3, 0.4) is 0 Å². The first kappa shape index (κ1) is 12.0. The van der Waals surface area contributed by atoms with Crippen LogP contribution >= 0.6 is 11.6 Å². The second-order valence-electron chi connectivity index (χ2n) is 3.56. The van der Waals surface area contributed by atoms with E-state index in [1.807, 2.05) is 13.8 Å². The summed E-state index contributed by atoms with van der Waals surface area (Å²) in [6.07, 6.45) is 1.47. The highest BCUT2D eigenvalue weighted by Gasteiger charge is 2.24. The number of aliphatic carboxylic acids is 1. The summed E-state index contributed by atoms with van der Waals surface area (Å²) in [5.41, 5.74) is 5.86. The monoisotopic (exact) mass is 231 g/mol. The summed E-state index contributed by atoms with van der Waals surface area (Å²) < 4.78 is 1.57. The molecule has 0 aliphatic carbocycles. The molecule has 6 heteroatoms. The number of nitrogens with two attached hydrogens (primary N) is 1. The van der Waals surface area contributed by atoms with Gasteiger partial charge in [0.05, 0.1) is 12.1 Å². The van der Waals surface area contributed by atoms with E-state index in [2.05, 4.69) is 5.10 Å². The predicted octanol–water partition coefficient (Wildman–Crippen LogP) is 1.24. The Morgan fingerprint density at radius 1 is 1.73 bits per heavy atom. The lowest BCUT2D eigenvalue weighted by Gasteiger charge is -2.10. The quantitative estimate of drug-likeness (QED) is 0.817. The van der Waals surface area contributed by atoms with Crippen LogP contribution in [0.25, 0.3) is 0 Å². The summed E-state index contributed by atoms with van der Waals surface area (Å²) >= 11 is 6.02. The fraction of sp³-hybridized carbons (Fsp3) is 0.556. The number of carboxylic acid groups (broad SMARTS) is 1. The number of rotatable bonds is 4. The van der Waals surface area contributed by atoms with Crippen LogP contribution in [0.4, 0.5) is 0 Å². The van der Waals surface area contributed by atoms with Gasteiger partial charge in [0.2, 0.25) is 0 Å². The molecule has 0 amide bonds. The molecule has 0 saturated carbocycles. The SMILES string of the molecule is CC(C)n1ncc(C(CN)C(=O)O)c1Cl. The van der Waals surface area contributed by atoms with Crippen LogP contribution in [0.5, 0.6) is 0 Å². The van der Waals surface area contributed by atoms with E-state index in [-0.39, 0.29) is 12.6 Å². The maximum absolute atomic E-state index is 10.9. The van der Waals surface area contributed by atoms with Gasteiger partial charge in [0.15, 0.2) is 0 Å². The van der Waals surface area contributed by atoms with Gasteiger partial charge in [-0.3, -0.25) is 9.48 Å². The van der Waals surface area contributed by atoms with Crippen molar-refractivity contribution in [2.75, 3.05) is 6.54 Å². The van der Waals surface area contributed by atoms with E-state index in [0.717, 1.165) is 0 Å². The molecule has 1 aromatic heterocycles. The third-order valence-electron chi connectivity index (χ3n) is 2.16. The van der Waals surface area contributed by atoms with E-state index < -0.39 is 11.9 Å². The van der Waals surface area contributed by atoms with Gasteiger partial charge in [0, 0.05) is 18.2 Å². The van der Waals surface area contributed by atoms with Gasteiger partial charge in [-0.25, -0.2) is 0 Å². The molecule has 0 saturated heterocycles. The number of aromatic nitrogens is 2. The lowest BCUT2D eigenvalue weighted by molar-refractivity contribution is -0.138. The first-order chi connectivity index (χ1) is 6.99. The highest BCUT2D eigenvalue weighted by molar-refractivity contribution is 6.30. The third-order valence-corrected chi connectivity index (χ3v) is 2.55. The molecule has 0 aliphatic rings. The first-order valence-electron chi connectivity index (χ1n) is 4.64. The molecule has 1 rings (SSSR count). The Labute approximate surface area is 92.8 Å². The van der Waals surface area contributed by atoms with Crippen LogP contribution in [-0.2, 0) is 4.79 Å². The van der Waals surface area contributed by atoms with Gasteiger partial charge in [-0.15, -0.1) is 0 Å². The van der Waals surface area contributed by atoms with Gasteiger partial charge < -0.3 is 10.8 Å². The molecule has 84 valence electrons. The normalized spacial score (nSPS) is 13.1. The van der Waals surface area contributed by atoms with E-state index in [1.54, 1.807) is 4.68 Å². The fourth-order valence-corrected chi connectivity index (χ4v) is 1.73. The molecule has 0 bridgehead atoms. The van der Waals surface area contributed by atoms with Crippen molar-refractivity contribution in [3.63, 3.8) is 0 Å². The van der Waals surface area contributed by atoms with Crippen molar-refractivity contribution in [2.24, 2.45) is 5.73 Å². The summed E-state index contributed by atoms with van der Waals surface area (Å²) in [6, 6.07) is 0.0958. The minimum Gasteiger partial charge on any atom is -0.481 e. The minimum atomic E-state index is -0.984. The molecular weight excluding hydrogens is 218 g/mol. The van der Waals surface area contributed by atoms with Crippen molar-refractivity contribution in [2.45, 2.75) is 25.8 Å². The van der Waals surface area contributed by atoms with Crippen molar-refractivity contribution in [1.82, 2.24) is 9.78 Å². The molecule has 1 unspecified atom stereocenters. The zero-order valence-electron chi connectivity index (χ0n) is 8.64. The Morgan fingerprint density at radius 2 is 2.33 bits per heavy atom. The number of hydrogen-bond donors (Lipinski definition) is 2. The zero-order valence-corrected chi connectivity index (χ0v) is 9.40. The van der Waals surface area contributed by atoms with Crippen LogP contribution in [0.15, 0.2) is 6.20 Å². The van der Waals surface area contributed by atoms with Crippen molar-refractivity contribution in [3.05, 3.63) is 16.9 Å². The van der Waals surface area contributed by atoms with Gasteiger partial charge in [-0.2, -0.15) is 5.10 Å². The summed E-state index contributed by atoms with van der Waals surface area (Å²) in [6.45, 7) is 3.85. The second kappa shape index (κ2) is 4.63. The number of hydrogen-bond acceptors (Lipinski definition) is 3. The third kappa shape index (κ3) is 2.30. The summed E-state index contributed by atoms with van der Waals surface area (Å²) in [5, 5.41) is 13.3. The lowest BCUT2D eigenvalue weighted by atomic mass is 10.0. The molecule has 0 fully saturated rings. The van der Waals surface area contributed by atoms with E-state index >= 15 is 0 Å². The summed E-state index contributed by atoms with van der Waals surface area (Å²) in [5.74, 6) is -1.77. The molecular formula is C9H14ClN3O2. The fourth-order valence-electron chi connectivity index (χ4n) is 1.32. The molecule has 0 spiro atoms. The van der Waals surface area contributed by atoms with Gasteiger partial charge in [0.25, 0.3) is 0 Å². The molecule has 0 aromatic carbocycles. The highest BCUT2D eigenvalue weighted by atomic mass is 35.5. The van der Waals surface area contributed by atoms with Crippen LogP contribution in [0.2, 0.25) is 5.15 Å². The van der Waals surface area contributed by atoms with Crippen molar-refractivity contribution >= 4 is 17.6 Å². The second-order valence-corrected chi connectivity index (χ2v) is 3.91. The van der Waals surface area contributed by atoms with Crippen LogP contribution in [-0.4, -0.2) is 27.4 Å². The Balaban J connectivity index is 3.09. The van der Waals surface area contributed by atoms with Gasteiger partial charge in [-0.05, 0) is 13.8 Å². The largest absolute Gasteiger partial charge is 0.481 e. The van der Waals surface area contributed by atoms with E-state index in [1.165, 1.54) is 6.20 Å². The highest BCUT2D eigenvalue weighted by Crippen LogP contribution is 2.26. The maximum atomic E-state index is 10.9. The average Bonchev–Trinajstić information content (AvgIpc) is 2.49. The maximum Gasteiger partial charge on any atom is 0.312 e. The molecule has 15 heavy (non-hydrogen) atoms. The number of carbonyl (C=O) groups is 1. The van der Waals surface area contributed by atoms with Crippen molar-refractivity contribution in [1.29, 1.82) is 0 Å². The molecule has 3 N–H and O–H groups in total. The van der Waals surface area contributed by atoms with Gasteiger partial charge in [0.1, 0.15) is 5.15 Å². The number of nitrogens with zero attached hydrogens (tertiary/aromatic N) is 2. The van der Waals surface area contributed by atoms with Crippen molar-refractivity contribution < 1.29 is 9.90 Å². The first-order valence-corrected chi connectivity index (χ1v) is 5.02. The lowest BCUT2D eigenvalue weighted by Crippen LogP contribution is -2.21. The minimum absolute atomic E-state index is 0.0127. The molecule has 5 nitrogen and oxygen atoms in total. The molecule has 1 aromatic rings. The predicted molar refractivity (Wildman–Crippen MR) is 57.1 cm³/mol. The Hall–Kier alpha value is -1.07. The number of carboxylic acids is 1. The Bertz CT molecular complexity index is 362. The van der Waals surface area contributed by atoms with Crippen LogP contribution in [0.1, 0.15) is 31.4 Å². The van der Waals surface area contributed by atoms with Crippen molar-refractivity contribution in [3.8, 4) is 0 Å². The van der Waals surface area contributed by atoms with Crippen LogP contribution in [0, 0.1) is 0 Å². The molecule has 1 heterocycles. The summed E-state index contributed by atoms with van der Waals surface area (Å²) in [7, 11) is 0. The molecule has 0 aliphatic heterocycles. The summed E-state index contributed by atoms with van der Waals surface area (Å²) in [4.78, 5) is 10.9. The average molecular weight is 232 g/mol. The molecule has 0 radical (unpaired) electrons. The van der Waals surface area contributed by atoms with E-state index in [0.29, 0.717) is 10.7 Å². The van der Waals surface area contributed by atoms with Gasteiger partial charge >= 0.3 is 5.97 Å².